The largest absolute Gasteiger partial charge is 0.383 e. The van der Waals surface area contributed by atoms with Crippen LogP contribution in [-0.4, -0.2) is 19.7 Å². The molecule has 0 radical (unpaired) electrons. The molecule has 3 aromatic rings. The number of aromatic nitrogens is 4. The Balaban J connectivity index is 1.99. The van der Waals surface area contributed by atoms with Gasteiger partial charge in [0.15, 0.2) is 0 Å². The van der Waals surface area contributed by atoms with Gasteiger partial charge in [0, 0.05) is 34.8 Å². The quantitative estimate of drug-likeness (QED) is 0.726. The third-order valence-corrected chi connectivity index (χ3v) is 4.39. The Morgan fingerprint density at radius 3 is 3.12 bits per heavy atom. The van der Waals surface area contributed by atoms with Crippen molar-refractivity contribution in [3.8, 4) is 28.5 Å². The van der Waals surface area contributed by atoms with Gasteiger partial charge < -0.3 is 10.7 Å². The second-order valence-corrected chi connectivity index (χ2v) is 5.80. The first-order valence-corrected chi connectivity index (χ1v) is 7.75. The molecule has 0 aliphatic heterocycles. The highest BCUT2D eigenvalue weighted by Crippen LogP contribution is 2.40. The molecule has 0 bridgehead atoms. The minimum atomic E-state index is 0.261. The van der Waals surface area contributed by atoms with Gasteiger partial charge in [-0.1, -0.05) is 6.08 Å². The fraction of sp³-hybridized carbons (Fsp3) is 0.167. The van der Waals surface area contributed by atoms with Gasteiger partial charge >= 0.3 is 0 Å². The van der Waals surface area contributed by atoms with E-state index in [-0.39, 0.29) is 5.82 Å². The second kappa shape index (κ2) is 5.39. The van der Waals surface area contributed by atoms with Crippen molar-refractivity contribution in [2.75, 3.05) is 5.73 Å². The first-order valence-electron chi connectivity index (χ1n) is 7.75. The monoisotopic (exact) mass is 316 g/mol. The lowest BCUT2D eigenvalue weighted by molar-refractivity contribution is 0.703. The summed E-state index contributed by atoms with van der Waals surface area (Å²) >= 11 is 0. The summed E-state index contributed by atoms with van der Waals surface area (Å²) in [5, 5.41) is 13.9. The van der Waals surface area contributed by atoms with Crippen molar-refractivity contribution in [3.05, 3.63) is 54.1 Å². The van der Waals surface area contributed by atoms with E-state index in [2.05, 4.69) is 27.7 Å². The van der Waals surface area contributed by atoms with Gasteiger partial charge in [-0.15, -0.1) is 6.58 Å². The number of nitrogens with zero attached hydrogens (tertiary/aromatic N) is 4. The van der Waals surface area contributed by atoms with Crippen molar-refractivity contribution in [1.82, 2.24) is 19.7 Å². The zero-order valence-corrected chi connectivity index (χ0v) is 13.1. The van der Waals surface area contributed by atoms with Gasteiger partial charge in [-0.2, -0.15) is 10.4 Å². The SMILES string of the molecule is C=CCn1cc(-c2c(C#N)c(N)nc3c2CCc2[nH]ccc2-3)cn1. The van der Waals surface area contributed by atoms with Crippen LogP contribution in [0.2, 0.25) is 0 Å². The summed E-state index contributed by atoms with van der Waals surface area (Å²) in [5.74, 6) is 0.261. The average Bonchev–Trinajstić information content (AvgIpc) is 3.23. The Morgan fingerprint density at radius 1 is 1.46 bits per heavy atom. The summed E-state index contributed by atoms with van der Waals surface area (Å²) in [6, 6.07) is 4.23. The molecular formula is C18H16N6. The number of hydrogen-bond acceptors (Lipinski definition) is 4. The van der Waals surface area contributed by atoms with Gasteiger partial charge in [0.25, 0.3) is 0 Å². The van der Waals surface area contributed by atoms with Crippen LogP contribution in [0.15, 0.2) is 37.3 Å². The lowest BCUT2D eigenvalue weighted by atomic mass is 9.86. The molecule has 3 heterocycles. The van der Waals surface area contributed by atoms with E-state index in [0.29, 0.717) is 12.1 Å². The van der Waals surface area contributed by atoms with Crippen LogP contribution in [0.25, 0.3) is 22.4 Å². The van der Waals surface area contributed by atoms with Crippen LogP contribution in [0.1, 0.15) is 16.8 Å². The molecular weight excluding hydrogens is 300 g/mol. The molecule has 0 saturated carbocycles. The molecule has 0 aromatic carbocycles. The van der Waals surface area contributed by atoms with Gasteiger partial charge in [0.2, 0.25) is 0 Å². The highest BCUT2D eigenvalue weighted by atomic mass is 15.3. The third kappa shape index (κ3) is 2.02. The number of nitrogen functional groups attached to an aromatic ring is 1. The summed E-state index contributed by atoms with van der Waals surface area (Å²) < 4.78 is 1.79. The molecule has 3 N–H and O–H groups in total. The topological polar surface area (TPSA) is 96.3 Å². The summed E-state index contributed by atoms with van der Waals surface area (Å²) in [7, 11) is 0. The van der Waals surface area contributed by atoms with E-state index < -0.39 is 0 Å². The molecule has 0 fully saturated rings. The van der Waals surface area contributed by atoms with E-state index in [1.54, 1.807) is 17.0 Å². The normalized spacial score (nSPS) is 12.3. The van der Waals surface area contributed by atoms with Crippen LogP contribution in [0.4, 0.5) is 5.82 Å². The lowest BCUT2D eigenvalue weighted by Crippen LogP contribution is -2.10. The summed E-state index contributed by atoms with van der Waals surface area (Å²) in [5.41, 5.74) is 12.4. The number of aryl methyl sites for hydroxylation is 1. The van der Waals surface area contributed by atoms with Crippen LogP contribution in [0, 0.1) is 11.3 Å². The fourth-order valence-electron chi connectivity index (χ4n) is 3.35. The van der Waals surface area contributed by atoms with E-state index in [1.807, 2.05) is 18.5 Å². The molecule has 4 rings (SSSR count). The number of aromatic amines is 1. The molecule has 6 nitrogen and oxygen atoms in total. The first-order chi connectivity index (χ1) is 11.7. The number of allylic oxidation sites excluding steroid dienone is 1. The van der Waals surface area contributed by atoms with Gasteiger partial charge in [0.05, 0.1) is 18.4 Å². The number of fused-ring (bicyclic) bond motifs is 3. The number of nitrogens with two attached hydrogens (primary N) is 1. The van der Waals surface area contributed by atoms with Crippen molar-refractivity contribution in [2.24, 2.45) is 0 Å². The van der Waals surface area contributed by atoms with E-state index in [0.717, 1.165) is 46.5 Å². The Kier molecular flexibility index (Phi) is 3.21. The van der Waals surface area contributed by atoms with Crippen molar-refractivity contribution in [2.45, 2.75) is 19.4 Å². The molecule has 6 heteroatoms. The standard InChI is InChI=1S/C18H16N6/c1-2-7-24-10-11(9-22-24)16-13-3-4-15-12(5-6-21-15)17(13)23-18(20)14(16)8-19/h2,5-6,9-10,21H,1,3-4,7H2,(H2,20,23). The number of nitrogens with one attached hydrogen (secondary N) is 1. The molecule has 0 amide bonds. The number of rotatable bonds is 3. The van der Waals surface area contributed by atoms with Gasteiger partial charge in [-0.3, -0.25) is 4.68 Å². The maximum absolute atomic E-state index is 9.61. The van der Waals surface area contributed by atoms with Crippen LogP contribution >= 0.6 is 0 Å². The smallest absolute Gasteiger partial charge is 0.142 e. The molecule has 0 atom stereocenters. The van der Waals surface area contributed by atoms with Gasteiger partial charge in [-0.05, 0) is 24.5 Å². The van der Waals surface area contributed by atoms with Crippen LogP contribution in [0.5, 0.6) is 0 Å². The number of nitriles is 1. The fourth-order valence-corrected chi connectivity index (χ4v) is 3.35. The zero-order chi connectivity index (χ0) is 16.7. The van der Waals surface area contributed by atoms with Crippen molar-refractivity contribution >= 4 is 5.82 Å². The molecule has 24 heavy (non-hydrogen) atoms. The second-order valence-electron chi connectivity index (χ2n) is 5.80. The van der Waals surface area contributed by atoms with Crippen LogP contribution in [0.3, 0.4) is 0 Å². The Bertz CT molecular complexity index is 986. The van der Waals surface area contributed by atoms with Crippen LogP contribution < -0.4 is 5.73 Å². The number of anilines is 1. The molecule has 1 aliphatic rings. The third-order valence-electron chi connectivity index (χ3n) is 4.39. The van der Waals surface area contributed by atoms with E-state index in [1.165, 1.54) is 0 Å². The lowest BCUT2D eigenvalue weighted by Gasteiger charge is -2.20. The molecule has 0 saturated heterocycles. The molecule has 0 unspecified atom stereocenters. The number of H-pyrrole nitrogens is 1. The molecule has 0 spiro atoms. The van der Waals surface area contributed by atoms with Crippen molar-refractivity contribution < 1.29 is 0 Å². The summed E-state index contributed by atoms with van der Waals surface area (Å²) in [4.78, 5) is 7.77. The predicted octanol–water partition coefficient (Wildman–Crippen LogP) is 2.68. The van der Waals surface area contributed by atoms with Crippen molar-refractivity contribution in [3.63, 3.8) is 0 Å². The maximum Gasteiger partial charge on any atom is 0.142 e. The van der Waals surface area contributed by atoms with Crippen molar-refractivity contribution in [1.29, 1.82) is 5.26 Å². The minimum absolute atomic E-state index is 0.261. The van der Waals surface area contributed by atoms with E-state index in [9.17, 15) is 5.26 Å². The zero-order valence-electron chi connectivity index (χ0n) is 13.1. The average molecular weight is 316 g/mol. The van der Waals surface area contributed by atoms with Crippen LogP contribution in [-0.2, 0) is 19.4 Å². The summed E-state index contributed by atoms with van der Waals surface area (Å²) in [6.45, 7) is 4.35. The number of pyridine rings is 1. The number of hydrogen-bond donors (Lipinski definition) is 2. The minimum Gasteiger partial charge on any atom is -0.383 e. The Labute approximate surface area is 139 Å². The molecule has 3 aromatic heterocycles. The Morgan fingerprint density at radius 2 is 2.33 bits per heavy atom. The molecule has 1 aliphatic carbocycles. The highest BCUT2D eigenvalue weighted by molar-refractivity contribution is 5.85. The van der Waals surface area contributed by atoms with Gasteiger partial charge in [0.1, 0.15) is 17.5 Å². The highest BCUT2D eigenvalue weighted by Gasteiger charge is 2.26. The van der Waals surface area contributed by atoms with Gasteiger partial charge in [-0.25, -0.2) is 4.98 Å². The predicted molar refractivity (Wildman–Crippen MR) is 92.0 cm³/mol. The first kappa shape index (κ1) is 14.3. The Hall–Kier alpha value is -3.33. The van der Waals surface area contributed by atoms with E-state index in [4.69, 9.17) is 5.73 Å². The maximum atomic E-state index is 9.61. The van der Waals surface area contributed by atoms with E-state index >= 15 is 0 Å². The molecule has 118 valence electrons. The summed E-state index contributed by atoms with van der Waals surface area (Å²) in [6.07, 6.45) is 9.09.